The molecule has 2 aromatic rings. The quantitative estimate of drug-likeness (QED) is 0.878. The van der Waals surface area contributed by atoms with E-state index in [9.17, 15) is 14.3 Å². The van der Waals surface area contributed by atoms with Crippen molar-refractivity contribution in [1.82, 2.24) is 14.9 Å². The van der Waals surface area contributed by atoms with Crippen LogP contribution in [0.5, 0.6) is 0 Å². The van der Waals surface area contributed by atoms with Crippen molar-refractivity contribution in [2.45, 2.75) is 31.8 Å². The van der Waals surface area contributed by atoms with Gasteiger partial charge in [-0.05, 0) is 48.5 Å². The summed E-state index contributed by atoms with van der Waals surface area (Å²) in [5.41, 5.74) is 0.548. The molecule has 1 amide bonds. The lowest BCUT2D eigenvalue weighted by atomic mass is 9.78. The van der Waals surface area contributed by atoms with Crippen molar-refractivity contribution < 1.29 is 14.3 Å². The van der Waals surface area contributed by atoms with Gasteiger partial charge in [0.15, 0.2) is 0 Å². The minimum absolute atomic E-state index is 0.224. The minimum atomic E-state index is -0.479. The molecular formula is C16H18FN3O2S. The Hall–Kier alpha value is -1.86. The fourth-order valence-corrected chi connectivity index (χ4v) is 3.65. The number of nitrogens with zero attached hydrogens (tertiary/aromatic N) is 2. The number of benzene rings is 1. The summed E-state index contributed by atoms with van der Waals surface area (Å²) >= 11 is 1.04. The summed E-state index contributed by atoms with van der Waals surface area (Å²) in [5, 5.41) is 17.0. The Morgan fingerprint density at radius 2 is 2.22 bits per heavy atom. The highest BCUT2D eigenvalue weighted by Gasteiger charge is 2.42. The van der Waals surface area contributed by atoms with Gasteiger partial charge in [0.1, 0.15) is 10.7 Å². The predicted molar refractivity (Wildman–Crippen MR) is 84.6 cm³/mol. The number of aliphatic hydroxyl groups is 1. The lowest BCUT2D eigenvalue weighted by Gasteiger charge is -2.33. The monoisotopic (exact) mass is 335 g/mol. The second-order valence-electron chi connectivity index (χ2n) is 6.04. The molecule has 0 unspecified atom stereocenters. The maximum absolute atomic E-state index is 13.1. The van der Waals surface area contributed by atoms with Crippen LogP contribution in [0.25, 0.3) is 0 Å². The van der Waals surface area contributed by atoms with E-state index in [0.717, 1.165) is 36.4 Å². The van der Waals surface area contributed by atoms with E-state index in [-0.39, 0.29) is 11.7 Å². The predicted octanol–water partition coefficient (Wildman–Crippen LogP) is 2.18. The number of amides is 1. The Kier molecular flexibility index (Phi) is 4.68. The molecule has 0 saturated heterocycles. The normalized spacial score (nSPS) is 23.8. The first-order chi connectivity index (χ1) is 11.1. The Morgan fingerprint density at radius 1 is 1.43 bits per heavy atom. The van der Waals surface area contributed by atoms with Crippen molar-refractivity contribution in [2.75, 3.05) is 6.54 Å². The van der Waals surface area contributed by atoms with Gasteiger partial charge < -0.3 is 10.4 Å². The molecule has 1 aliphatic carbocycles. The van der Waals surface area contributed by atoms with E-state index in [1.54, 1.807) is 12.1 Å². The van der Waals surface area contributed by atoms with E-state index in [1.165, 1.54) is 18.3 Å². The third-order valence-electron chi connectivity index (χ3n) is 4.51. The summed E-state index contributed by atoms with van der Waals surface area (Å²) in [6.07, 6.45) is 4.02. The Bertz CT molecular complexity index is 662. The van der Waals surface area contributed by atoms with E-state index < -0.39 is 11.5 Å². The molecule has 0 aliphatic heterocycles. The Labute approximate surface area is 137 Å². The molecule has 0 radical (unpaired) electrons. The van der Waals surface area contributed by atoms with Crippen LogP contribution in [0.15, 0.2) is 30.5 Å². The lowest BCUT2D eigenvalue weighted by molar-refractivity contribution is 0.0501. The second-order valence-corrected chi connectivity index (χ2v) is 6.82. The van der Waals surface area contributed by atoms with E-state index >= 15 is 0 Å². The molecular weight excluding hydrogens is 317 g/mol. The van der Waals surface area contributed by atoms with Crippen molar-refractivity contribution in [1.29, 1.82) is 0 Å². The zero-order chi connectivity index (χ0) is 16.3. The molecule has 23 heavy (non-hydrogen) atoms. The van der Waals surface area contributed by atoms with Gasteiger partial charge in [0.05, 0.1) is 12.3 Å². The van der Waals surface area contributed by atoms with Crippen LogP contribution in [0.1, 0.15) is 34.5 Å². The molecule has 7 heteroatoms. The van der Waals surface area contributed by atoms with Crippen molar-refractivity contribution in [3.8, 4) is 0 Å². The first kappa shape index (κ1) is 16.0. The molecule has 2 atom stereocenters. The summed E-state index contributed by atoms with van der Waals surface area (Å²) < 4.78 is 16.7. The van der Waals surface area contributed by atoms with Crippen LogP contribution in [-0.2, 0) is 6.42 Å². The van der Waals surface area contributed by atoms with Crippen molar-refractivity contribution in [3.05, 3.63) is 46.7 Å². The zero-order valence-corrected chi connectivity index (χ0v) is 13.4. The summed E-state index contributed by atoms with van der Waals surface area (Å²) in [5.74, 6) is -0.502. The SMILES string of the molecule is O=C(NC[C@]1(Cc2ccc(F)cc2)CCC[C@H]1O)c1cnns1. The van der Waals surface area contributed by atoms with Gasteiger partial charge in [0.2, 0.25) is 0 Å². The van der Waals surface area contributed by atoms with Gasteiger partial charge in [-0.25, -0.2) is 4.39 Å². The zero-order valence-electron chi connectivity index (χ0n) is 12.5. The number of halogens is 1. The fraction of sp³-hybridized carbons (Fsp3) is 0.438. The number of hydrogen-bond acceptors (Lipinski definition) is 5. The van der Waals surface area contributed by atoms with Crippen LogP contribution in [0.3, 0.4) is 0 Å². The Morgan fingerprint density at radius 3 is 2.83 bits per heavy atom. The summed E-state index contributed by atoms with van der Waals surface area (Å²) in [6, 6.07) is 6.31. The molecule has 1 aromatic carbocycles. The number of hydrogen-bond donors (Lipinski definition) is 2. The van der Waals surface area contributed by atoms with Gasteiger partial charge in [0, 0.05) is 12.0 Å². The number of nitrogens with one attached hydrogen (secondary N) is 1. The smallest absolute Gasteiger partial charge is 0.264 e. The topological polar surface area (TPSA) is 75.1 Å². The van der Waals surface area contributed by atoms with Crippen LogP contribution < -0.4 is 5.32 Å². The average molecular weight is 335 g/mol. The molecule has 1 saturated carbocycles. The number of aliphatic hydroxyl groups excluding tert-OH is 1. The highest BCUT2D eigenvalue weighted by atomic mass is 32.1. The standard InChI is InChI=1S/C16H18FN3O2S/c17-12-5-3-11(4-6-12)8-16(7-1-2-14(16)21)10-18-15(22)13-9-19-20-23-13/h3-6,9,14,21H,1-2,7-8,10H2,(H,18,22)/t14-,16-/m1/s1. The van der Waals surface area contributed by atoms with Crippen LogP contribution in [0.4, 0.5) is 4.39 Å². The highest BCUT2D eigenvalue weighted by molar-refractivity contribution is 7.07. The maximum Gasteiger partial charge on any atom is 0.264 e. The molecule has 2 N–H and O–H groups in total. The second kappa shape index (κ2) is 6.72. The number of carbonyl (C=O) groups is 1. The van der Waals surface area contributed by atoms with Crippen molar-refractivity contribution >= 4 is 17.4 Å². The van der Waals surface area contributed by atoms with Gasteiger partial charge in [0.25, 0.3) is 5.91 Å². The first-order valence-corrected chi connectivity index (χ1v) is 8.34. The van der Waals surface area contributed by atoms with E-state index in [1.807, 2.05) is 0 Å². The first-order valence-electron chi connectivity index (χ1n) is 7.57. The molecule has 122 valence electrons. The molecule has 0 spiro atoms. The third kappa shape index (κ3) is 3.56. The van der Waals surface area contributed by atoms with Gasteiger partial charge in [-0.15, -0.1) is 5.10 Å². The van der Waals surface area contributed by atoms with Gasteiger partial charge in [-0.2, -0.15) is 0 Å². The number of aromatic nitrogens is 2. The fourth-order valence-electron chi connectivity index (χ4n) is 3.21. The Balaban J connectivity index is 1.72. The maximum atomic E-state index is 13.1. The summed E-state index contributed by atoms with van der Waals surface area (Å²) in [4.78, 5) is 12.5. The van der Waals surface area contributed by atoms with Gasteiger partial charge in [-0.1, -0.05) is 23.0 Å². The average Bonchev–Trinajstić information content (AvgIpc) is 3.19. The molecule has 3 rings (SSSR count). The van der Waals surface area contributed by atoms with Crippen molar-refractivity contribution in [2.24, 2.45) is 5.41 Å². The van der Waals surface area contributed by atoms with E-state index in [4.69, 9.17) is 0 Å². The molecule has 0 bridgehead atoms. The minimum Gasteiger partial charge on any atom is -0.392 e. The number of carbonyl (C=O) groups excluding carboxylic acids is 1. The van der Waals surface area contributed by atoms with Crippen LogP contribution in [0.2, 0.25) is 0 Å². The van der Waals surface area contributed by atoms with Gasteiger partial charge >= 0.3 is 0 Å². The van der Waals surface area contributed by atoms with Crippen molar-refractivity contribution in [3.63, 3.8) is 0 Å². The molecule has 1 fully saturated rings. The molecule has 1 heterocycles. The summed E-state index contributed by atoms with van der Waals surface area (Å²) in [6.45, 7) is 0.377. The third-order valence-corrected chi connectivity index (χ3v) is 5.18. The molecule has 5 nitrogen and oxygen atoms in total. The summed E-state index contributed by atoms with van der Waals surface area (Å²) in [7, 11) is 0. The highest BCUT2D eigenvalue weighted by Crippen LogP contribution is 2.41. The van der Waals surface area contributed by atoms with Gasteiger partial charge in [-0.3, -0.25) is 4.79 Å². The largest absolute Gasteiger partial charge is 0.392 e. The van der Waals surface area contributed by atoms with Crippen LogP contribution >= 0.6 is 11.5 Å². The van der Waals surface area contributed by atoms with Crippen LogP contribution in [-0.4, -0.2) is 33.2 Å². The molecule has 1 aromatic heterocycles. The number of rotatable bonds is 5. The van der Waals surface area contributed by atoms with E-state index in [0.29, 0.717) is 17.8 Å². The lowest BCUT2D eigenvalue weighted by Crippen LogP contribution is -2.43. The molecule has 1 aliphatic rings. The van der Waals surface area contributed by atoms with E-state index in [2.05, 4.69) is 14.9 Å². The van der Waals surface area contributed by atoms with Crippen LogP contribution in [0, 0.1) is 11.2 Å².